The molecule has 3 rings (SSSR count). The number of ether oxygens (including phenoxy) is 1. The molecule has 0 amide bonds. The van der Waals surface area contributed by atoms with E-state index in [0.717, 1.165) is 19.4 Å². The number of hydrogen-bond donors (Lipinski definition) is 0. The van der Waals surface area contributed by atoms with E-state index in [1.165, 1.54) is 17.7 Å². The fourth-order valence-electron chi connectivity index (χ4n) is 2.95. The summed E-state index contributed by atoms with van der Waals surface area (Å²) in [5.74, 6) is -0.114. The molecule has 0 aliphatic carbocycles. The van der Waals surface area contributed by atoms with Gasteiger partial charge in [0.2, 0.25) is 0 Å². The molecule has 1 aliphatic heterocycles. The second kappa shape index (κ2) is 7.04. The van der Waals surface area contributed by atoms with Crippen molar-refractivity contribution in [2.24, 2.45) is 0 Å². The lowest BCUT2D eigenvalue weighted by Gasteiger charge is -2.32. The Morgan fingerprint density at radius 3 is 2.09 bits per heavy atom. The Kier molecular flexibility index (Phi) is 4.87. The molecule has 2 aromatic rings. The number of carbonyl (C=O) groups excluding carboxylic acids is 1. The van der Waals surface area contributed by atoms with Gasteiger partial charge in [-0.25, -0.2) is 0 Å². The van der Waals surface area contributed by atoms with Crippen LogP contribution in [0.1, 0.15) is 12.8 Å². The molecule has 114 valence electrons. The quantitative estimate of drug-likeness (QED) is 0.642. The lowest BCUT2D eigenvalue weighted by Crippen LogP contribution is -2.38. The molecule has 3 nitrogen and oxygen atoms in total. The highest BCUT2D eigenvalue weighted by Crippen LogP contribution is 2.43. The largest absolute Gasteiger partial charge is 0.468 e. The Morgan fingerprint density at radius 1 is 1.05 bits per heavy atom. The molecule has 0 saturated carbocycles. The Labute approximate surface area is 132 Å². The van der Waals surface area contributed by atoms with Crippen LogP contribution in [-0.4, -0.2) is 30.3 Å². The number of nitrogens with zero attached hydrogens (tertiary/aromatic N) is 1. The zero-order valence-corrected chi connectivity index (χ0v) is 13.6. The van der Waals surface area contributed by atoms with E-state index in [2.05, 4.69) is 53.2 Å². The fourth-order valence-corrected chi connectivity index (χ4v) is 5.58. The highest BCUT2D eigenvalue weighted by atomic mass is 31.1. The standard InChI is InChI=1S/C18H20NO2P/c1-21-18(20)17-13-8-14-19(17)22(15-9-4-2-5-10-15)16-11-6-3-7-12-16/h2-7,9-12,17H,8,13-14H2,1H3. The summed E-state index contributed by atoms with van der Waals surface area (Å²) in [7, 11) is 0.781. The van der Waals surface area contributed by atoms with Crippen LogP contribution in [0.25, 0.3) is 0 Å². The lowest BCUT2D eigenvalue weighted by atomic mass is 10.2. The van der Waals surface area contributed by atoms with Crippen LogP contribution in [0.3, 0.4) is 0 Å². The first-order valence-corrected chi connectivity index (χ1v) is 8.85. The Hall–Kier alpha value is -1.70. The van der Waals surface area contributed by atoms with Crippen molar-refractivity contribution in [2.75, 3.05) is 13.7 Å². The van der Waals surface area contributed by atoms with Crippen LogP contribution in [0, 0.1) is 0 Å². The van der Waals surface area contributed by atoms with Gasteiger partial charge < -0.3 is 4.74 Å². The molecule has 1 aliphatic rings. The fraction of sp³-hybridized carbons (Fsp3) is 0.278. The molecule has 4 heteroatoms. The number of esters is 1. The predicted octanol–water partition coefficient (Wildman–Crippen LogP) is 2.67. The van der Waals surface area contributed by atoms with E-state index in [0.29, 0.717) is 0 Å². The van der Waals surface area contributed by atoms with Crippen molar-refractivity contribution in [3.8, 4) is 0 Å². The zero-order valence-electron chi connectivity index (χ0n) is 12.7. The van der Waals surface area contributed by atoms with Gasteiger partial charge in [-0.1, -0.05) is 60.7 Å². The average Bonchev–Trinajstić information content (AvgIpc) is 3.06. The third kappa shape index (κ3) is 3.06. The van der Waals surface area contributed by atoms with E-state index in [1.54, 1.807) is 0 Å². The van der Waals surface area contributed by atoms with Crippen molar-refractivity contribution in [3.63, 3.8) is 0 Å². The van der Waals surface area contributed by atoms with Crippen LogP contribution in [0.2, 0.25) is 0 Å². The first-order chi connectivity index (χ1) is 10.8. The van der Waals surface area contributed by atoms with E-state index >= 15 is 0 Å². The minimum absolute atomic E-state index is 0.114. The van der Waals surface area contributed by atoms with Gasteiger partial charge >= 0.3 is 5.97 Å². The van der Waals surface area contributed by atoms with Crippen LogP contribution in [-0.2, 0) is 9.53 Å². The summed E-state index contributed by atoms with van der Waals surface area (Å²) in [4.78, 5) is 12.1. The topological polar surface area (TPSA) is 29.5 Å². The molecular weight excluding hydrogens is 293 g/mol. The summed E-state index contributed by atoms with van der Waals surface area (Å²) < 4.78 is 7.36. The van der Waals surface area contributed by atoms with Crippen molar-refractivity contribution in [2.45, 2.75) is 18.9 Å². The monoisotopic (exact) mass is 313 g/mol. The molecule has 22 heavy (non-hydrogen) atoms. The van der Waals surface area contributed by atoms with Crippen molar-refractivity contribution < 1.29 is 9.53 Å². The van der Waals surface area contributed by atoms with Gasteiger partial charge in [-0.3, -0.25) is 9.46 Å². The summed E-state index contributed by atoms with van der Waals surface area (Å²) in [6.45, 7) is 0.940. The van der Waals surface area contributed by atoms with Gasteiger partial charge in [-0.15, -0.1) is 0 Å². The van der Waals surface area contributed by atoms with Gasteiger partial charge in [-0.2, -0.15) is 0 Å². The van der Waals surface area contributed by atoms with Crippen LogP contribution in [0.5, 0.6) is 0 Å². The molecule has 1 saturated heterocycles. The Bertz CT molecular complexity index is 578. The molecule has 0 aromatic heterocycles. The summed E-state index contributed by atoms with van der Waals surface area (Å²) in [6.07, 6.45) is 1.92. The van der Waals surface area contributed by atoms with Crippen LogP contribution in [0.4, 0.5) is 0 Å². The second-order valence-electron chi connectivity index (χ2n) is 5.33. The predicted molar refractivity (Wildman–Crippen MR) is 90.8 cm³/mol. The maximum atomic E-state index is 12.1. The molecular formula is C18H20NO2P. The first-order valence-electron chi connectivity index (χ1n) is 7.56. The highest BCUT2D eigenvalue weighted by molar-refractivity contribution is 7.70. The zero-order chi connectivity index (χ0) is 15.4. The second-order valence-corrected chi connectivity index (χ2v) is 7.50. The SMILES string of the molecule is COC(=O)C1CCCN1P(c1ccccc1)c1ccccc1. The van der Waals surface area contributed by atoms with Crippen molar-refractivity contribution in [1.29, 1.82) is 0 Å². The number of hydrogen-bond acceptors (Lipinski definition) is 3. The van der Waals surface area contributed by atoms with Gasteiger partial charge in [0.25, 0.3) is 0 Å². The summed E-state index contributed by atoms with van der Waals surface area (Å²) >= 11 is 0. The van der Waals surface area contributed by atoms with Gasteiger partial charge in [0.15, 0.2) is 0 Å². The van der Waals surface area contributed by atoms with Crippen LogP contribution >= 0.6 is 8.07 Å². The molecule has 1 atom stereocenters. The number of benzene rings is 2. The van der Waals surface area contributed by atoms with Gasteiger partial charge in [0.1, 0.15) is 6.04 Å². The Morgan fingerprint density at radius 2 is 1.59 bits per heavy atom. The molecule has 0 spiro atoms. The summed E-state index contributed by atoms with van der Waals surface area (Å²) in [5.41, 5.74) is 0. The molecule has 0 radical (unpaired) electrons. The van der Waals surface area contributed by atoms with Crippen molar-refractivity contribution in [3.05, 3.63) is 60.7 Å². The number of carbonyl (C=O) groups is 1. The normalized spacial score (nSPS) is 18.5. The van der Waals surface area contributed by atoms with Crippen LogP contribution in [0.15, 0.2) is 60.7 Å². The van der Waals surface area contributed by atoms with Gasteiger partial charge in [0.05, 0.1) is 7.11 Å². The molecule has 1 fully saturated rings. The summed E-state index contributed by atoms with van der Waals surface area (Å²) in [6, 6.07) is 20.8. The van der Waals surface area contributed by atoms with E-state index < -0.39 is 8.07 Å². The maximum absolute atomic E-state index is 12.1. The van der Waals surface area contributed by atoms with Crippen LogP contribution < -0.4 is 10.6 Å². The lowest BCUT2D eigenvalue weighted by molar-refractivity contribution is -0.144. The maximum Gasteiger partial charge on any atom is 0.323 e. The van der Waals surface area contributed by atoms with Crippen molar-refractivity contribution >= 4 is 24.7 Å². The Balaban J connectivity index is 2.00. The average molecular weight is 313 g/mol. The molecule has 0 N–H and O–H groups in total. The number of rotatable bonds is 4. The third-order valence-electron chi connectivity index (χ3n) is 3.96. The molecule has 2 aromatic carbocycles. The van der Waals surface area contributed by atoms with E-state index in [4.69, 9.17) is 4.74 Å². The molecule has 1 heterocycles. The first kappa shape index (κ1) is 15.2. The summed E-state index contributed by atoms with van der Waals surface area (Å²) in [5, 5.41) is 2.55. The highest BCUT2D eigenvalue weighted by Gasteiger charge is 2.37. The van der Waals surface area contributed by atoms with E-state index in [-0.39, 0.29) is 12.0 Å². The molecule has 1 unspecified atom stereocenters. The minimum atomic E-state index is -0.697. The van der Waals surface area contributed by atoms with Gasteiger partial charge in [0, 0.05) is 14.6 Å². The number of methoxy groups -OCH3 is 1. The van der Waals surface area contributed by atoms with E-state index in [1.807, 2.05) is 12.1 Å². The third-order valence-corrected chi connectivity index (χ3v) is 6.52. The van der Waals surface area contributed by atoms with Crippen molar-refractivity contribution in [1.82, 2.24) is 4.67 Å². The van der Waals surface area contributed by atoms with E-state index in [9.17, 15) is 4.79 Å². The minimum Gasteiger partial charge on any atom is -0.468 e. The van der Waals surface area contributed by atoms with Gasteiger partial charge in [-0.05, 0) is 23.5 Å². The smallest absolute Gasteiger partial charge is 0.323 e. The molecule has 0 bridgehead atoms.